The summed E-state index contributed by atoms with van der Waals surface area (Å²) in [4.78, 5) is 39.8. The second kappa shape index (κ2) is 11.5. The van der Waals surface area contributed by atoms with Gasteiger partial charge in [-0.25, -0.2) is 4.79 Å². The van der Waals surface area contributed by atoms with Crippen molar-refractivity contribution in [2.45, 2.75) is 97.9 Å². The number of carbonyl (C=O) groups is 3. The molecule has 0 radical (unpaired) electrons. The zero-order chi connectivity index (χ0) is 31.5. The molecule has 5 aliphatic rings. The number of aldehydes is 1. The molecule has 2 N–H and O–H groups in total. The Morgan fingerprint density at radius 3 is 2.51 bits per heavy atom. The highest BCUT2D eigenvalue weighted by atomic mass is 16.7. The van der Waals surface area contributed by atoms with Gasteiger partial charge in [0.25, 0.3) is 0 Å². The third-order valence-corrected chi connectivity index (χ3v) is 11.8. The lowest BCUT2D eigenvalue weighted by atomic mass is 9.43. The molecular weight excluding hydrogens is 552 g/mol. The summed E-state index contributed by atoms with van der Waals surface area (Å²) in [6, 6.07) is 0. The number of carbonyl (C=O) groups excluding carboxylic acids is 2. The summed E-state index contributed by atoms with van der Waals surface area (Å²) in [5, 5.41) is 22.7. The molecule has 1 heterocycles. The molecule has 4 fully saturated rings. The van der Waals surface area contributed by atoms with Gasteiger partial charge < -0.3 is 34.0 Å². The third kappa shape index (κ3) is 4.36. The van der Waals surface area contributed by atoms with Gasteiger partial charge in [0.15, 0.2) is 12.4 Å². The molecule has 0 amide bonds. The van der Waals surface area contributed by atoms with Gasteiger partial charge >= 0.3 is 11.9 Å². The molecular formula is C34H48O9. The molecule has 4 aliphatic carbocycles. The summed E-state index contributed by atoms with van der Waals surface area (Å²) in [6.07, 6.45) is 6.21. The number of hydrogen-bond donors (Lipinski definition) is 2. The second-order valence-corrected chi connectivity index (χ2v) is 13.9. The van der Waals surface area contributed by atoms with Gasteiger partial charge in [0.1, 0.15) is 23.9 Å². The first kappa shape index (κ1) is 32.1. The Labute approximate surface area is 254 Å². The van der Waals surface area contributed by atoms with Crippen LogP contribution in [-0.2, 0) is 33.3 Å². The van der Waals surface area contributed by atoms with Crippen molar-refractivity contribution in [1.29, 1.82) is 0 Å². The Hall–Kier alpha value is -2.33. The van der Waals surface area contributed by atoms with Crippen molar-refractivity contribution in [3.05, 3.63) is 35.5 Å². The highest BCUT2D eigenvalue weighted by molar-refractivity contribution is 5.90. The lowest BCUT2D eigenvalue weighted by molar-refractivity contribution is -0.308. The van der Waals surface area contributed by atoms with Crippen molar-refractivity contribution in [3.63, 3.8) is 0 Å². The summed E-state index contributed by atoms with van der Waals surface area (Å²) in [5.41, 5.74) is -2.10. The van der Waals surface area contributed by atoms with E-state index in [0.717, 1.165) is 24.7 Å². The Morgan fingerprint density at radius 2 is 1.91 bits per heavy atom. The third-order valence-electron chi connectivity index (χ3n) is 11.8. The lowest BCUT2D eigenvalue weighted by Crippen LogP contribution is -2.64. The quantitative estimate of drug-likeness (QED) is 0.123. The molecule has 1 aliphatic heterocycles. The number of rotatable bonds is 10. The Morgan fingerprint density at radius 1 is 1.19 bits per heavy atom. The molecule has 3 saturated carbocycles. The summed E-state index contributed by atoms with van der Waals surface area (Å²) < 4.78 is 23.9. The first-order valence-corrected chi connectivity index (χ1v) is 15.8. The van der Waals surface area contributed by atoms with E-state index in [-0.39, 0.29) is 30.3 Å². The van der Waals surface area contributed by atoms with E-state index in [1.807, 2.05) is 20.8 Å². The van der Waals surface area contributed by atoms with Crippen molar-refractivity contribution in [2.24, 2.45) is 45.8 Å². The van der Waals surface area contributed by atoms with Gasteiger partial charge in [-0.1, -0.05) is 57.1 Å². The van der Waals surface area contributed by atoms with Crippen molar-refractivity contribution < 1.29 is 43.5 Å². The lowest BCUT2D eigenvalue weighted by Gasteiger charge is -2.58. The topological polar surface area (TPSA) is 129 Å². The number of allylic oxidation sites excluding steroid dienone is 4. The molecule has 0 aromatic rings. The Bertz CT molecular complexity index is 1220. The first-order chi connectivity index (χ1) is 20.4. The molecule has 2 unspecified atom stereocenters. The Balaban J connectivity index is 1.49. The van der Waals surface area contributed by atoms with E-state index < -0.39 is 58.9 Å². The highest BCUT2D eigenvalue weighted by Crippen LogP contribution is 2.82. The number of ether oxygens (including phenoxy) is 4. The summed E-state index contributed by atoms with van der Waals surface area (Å²) in [5.74, 6) is -1.17. The van der Waals surface area contributed by atoms with E-state index >= 15 is 0 Å². The van der Waals surface area contributed by atoms with E-state index in [2.05, 4.69) is 13.0 Å². The fourth-order valence-corrected chi connectivity index (χ4v) is 9.98. The average Bonchev–Trinajstić information content (AvgIpc) is 3.54. The number of carboxylic acids is 1. The standard InChI is InChI=1S/C34H48O9/c1-8-9-10-20(5)29(37)43-28-26(36)30(42-21(6)27(28)40-7)41-17-33-15-23-19(4)11-12-24(23)32(16-35)14-22(33)13-25(18(2)3)34(32,33)31(38)39/h8-10,13,16,18-19,21-24,26-28,30,36H,11-12,14-15,17H2,1-7H3,(H,38,39)/b9-8+,20-10-/t19-,21-,22?,23-,24-,26+,27-,28+,30-,32+,33?,34+/m1/s1. The minimum Gasteiger partial charge on any atom is -0.481 e. The summed E-state index contributed by atoms with van der Waals surface area (Å²) in [6.45, 7) is 11.4. The maximum Gasteiger partial charge on any atom is 0.334 e. The smallest absolute Gasteiger partial charge is 0.334 e. The summed E-state index contributed by atoms with van der Waals surface area (Å²) in [7, 11) is 1.47. The molecule has 9 nitrogen and oxygen atoms in total. The van der Waals surface area contributed by atoms with Crippen LogP contribution >= 0.6 is 0 Å². The van der Waals surface area contributed by atoms with Crippen molar-refractivity contribution >= 4 is 18.2 Å². The van der Waals surface area contributed by atoms with E-state index in [4.69, 9.17) is 18.9 Å². The number of methoxy groups -OCH3 is 1. The van der Waals surface area contributed by atoms with Crippen LogP contribution < -0.4 is 0 Å². The number of aliphatic hydroxyl groups is 1. The van der Waals surface area contributed by atoms with Crippen LogP contribution in [0.2, 0.25) is 0 Å². The molecule has 238 valence electrons. The van der Waals surface area contributed by atoms with Crippen LogP contribution in [0.4, 0.5) is 0 Å². The van der Waals surface area contributed by atoms with Crippen LogP contribution in [0.1, 0.15) is 67.2 Å². The second-order valence-electron chi connectivity index (χ2n) is 13.9. The monoisotopic (exact) mass is 600 g/mol. The van der Waals surface area contributed by atoms with Gasteiger partial charge in [-0.3, -0.25) is 4.79 Å². The number of fused-ring (bicyclic) bond motifs is 2. The SMILES string of the molecule is C/C=C/C=C(/C)C(=O)O[C@H]1[C@H](O)[C@H](OCC23C[C@@H]4[C@H](C)CC[C@H]4[C@@]4(C=O)CC2C=C(C(C)C)[C@@]34C(=O)O)O[C@H](C)[C@H]1OC. The number of esters is 1. The maximum absolute atomic E-state index is 13.7. The predicted molar refractivity (Wildman–Crippen MR) is 158 cm³/mol. The van der Waals surface area contributed by atoms with Crippen LogP contribution in [0.25, 0.3) is 0 Å². The van der Waals surface area contributed by atoms with E-state index in [1.54, 1.807) is 32.1 Å². The van der Waals surface area contributed by atoms with Gasteiger partial charge in [-0.05, 0) is 69.6 Å². The fraction of sp³-hybridized carbons (Fsp3) is 0.735. The maximum atomic E-state index is 13.7. The van der Waals surface area contributed by atoms with Crippen LogP contribution in [0.15, 0.2) is 35.5 Å². The van der Waals surface area contributed by atoms with Gasteiger partial charge in [0.05, 0.1) is 18.1 Å². The zero-order valence-electron chi connectivity index (χ0n) is 26.4. The van der Waals surface area contributed by atoms with Crippen LogP contribution in [-0.4, -0.2) is 72.9 Å². The fourth-order valence-electron chi connectivity index (χ4n) is 9.98. The van der Waals surface area contributed by atoms with E-state index in [9.17, 15) is 24.6 Å². The van der Waals surface area contributed by atoms with E-state index in [1.165, 1.54) is 7.11 Å². The van der Waals surface area contributed by atoms with Gasteiger partial charge in [-0.15, -0.1) is 0 Å². The van der Waals surface area contributed by atoms with Crippen molar-refractivity contribution in [2.75, 3.05) is 13.7 Å². The van der Waals surface area contributed by atoms with Crippen molar-refractivity contribution in [3.8, 4) is 0 Å². The van der Waals surface area contributed by atoms with Crippen LogP contribution in [0.3, 0.4) is 0 Å². The van der Waals surface area contributed by atoms with Crippen LogP contribution in [0.5, 0.6) is 0 Å². The number of aliphatic hydroxyl groups excluding tert-OH is 1. The number of hydrogen-bond acceptors (Lipinski definition) is 8. The van der Waals surface area contributed by atoms with Gasteiger partial charge in [0, 0.05) is 18.1 Å². The molecule has 43 heavy (non-hydrogen) atoms. The van der Waals surface area contributed by atoms with Gasteiger partial charge in [0.2, 0.25) is 0 Å². The number of carboxylic acid groups (broad SMARTS) is 1. The molecule has 12 atom stereocenters. The molecule has 1 saturated heterocycles. The normalized spacial score (nSPS) is 45.4. The predicted octanol–water partition coefficient (Wildman–Crippen LogP) is 4.48. The molecule has 4 bridgehead atoms. The molecule has 5 rings (SSSR count). The average molecular weight is 601 g/mol. The minimum atomic E-state index is -1.40. The largest absolute Gasteiger partial charge is 0.481 e. The molecule has 9 heteroatoms. The van der Waals surface area contributed by atoms with Crippen LogP contribution in [0, 0.1) is 45.8 Å². The zero-order valence-corrected chi connectivity index (χ0v) is 26.4. The molecule has 0 aromatic heterocycles. The molecule has 0 aromatic carbocycles. The highest BCUT2D eigenvalue weighted by Gasteiger charge is 2.84. The first-order valence-electron chi connectivity index (χ1n) is 15.8. The van der Waals surface area contributed by atoms with E-state index in [0.29, 0.717) is 24.3 Å². The van der Waals surface area contributed by atoms with Crippen molar-refractivity contribution in [1.82, 2.24) is 0 Å². The summed E-state index contributed by atoms with van der Waals surface area (Å²) >= 11 is 0. The Kier molecular flexibility index (Phi) is 8.61. The molecule has 0 spiro atoms. The number of aliphatic carboxylic acids is 1. The van der Waals surface area contributed by atoms with Gasteiger partial charge in [-0.2, -0.15) is 0 Å². The minimum absolute atomic E-state index is 0.00476.